The number of para-hydroxylation sites is 2. The average molecular weight is 415 g/mol. The number of rotatable bonds is 8. The number of ether oxygens (including phenoxy) is 4. The van der Waals surface area contributed by atoms with Gasteiger partial charge in [0, 0.05) is 19.2 Å². The molecule has 3 rings (SSSR count). The third-order valence-corrected chi connectivity index (χ3v) is 5.34. The molecule has 7 heteroatoms. The van der Waals surface area contributed by atoms with Crippen LogP contribution in [0, 0.1) is 0 Å². The van der Waals surface area contributed by atoms with E-state index >= 15 is 0 Å². The van der Waals surface area contributed by atoms with Crippen LogP contribution in [-0.2, 0) is 11.2 Å². The molecule has 0 aliphatic carbocycles. The van der Waals surface area contributed by atoms with Gasteiger partial charge in [0.1, 0.15) is 11.9 Å². The second kappa shape index (κ2) is 9.61. The van der Waals surface area contributed by atoms with E-state index in [1.54, 1.807) is 39.3 Å². The van der Waals surface area contributed by atoms with Crippen LogP contribution in [0.3, 0.4) is 0 Å². The highest BCUT2D eigenvalue weighted by molar-refractivity contribution is 5.80. The molecule has 2 aromatic carbocycles. The summed E-state index contributed by atoms with van der Waals surface area (Å²) in [6.07, 6.45) is 0.0991. The Hall–Kier alpha value is -3.09. The summed E-state index contributed by atoms with van der Waals surface area (Å²) in [5, 5.41) is 0. The van der Waals surface area contributed by atoms with Crippen LogP contribution in [0.1, 0.15) is 12.5 Å². The lowest BCUT2D eigenvalue weighted by Crippen LogP contribution is -2.47. The van der Waals surface area contributed by atoms with Gasteiger partial charge in [-0.2, -0.15) is 0 Å². The lowest BCUT2D eigenvalue weighted by Gasteiger charge is -2.37. The number of hydrogen-bond acceptors (Lipinski definition) is 6. The van der Waals surface area contributed by atoms with Crippen molar-refractivity contribution >= 4 is 11.6 Å². The number of benzene rings is 2. The molecule has 1 atom stereocenters. The van der Waals surface area contributed by atoms with Crippen molar-refractivity contribution in [2.45, 2.75) is 19.4 Å². The average Bonchev–Trinajstić information content (AvgIpc) is 2.77. The van der Waals surface area contributed by atoms with Crippen molar-refractivity contribution in [2.24, 2.45) is 0 Å². The number of methoxy groups -OCH3 is 3. The molecule has 1 amide bonds. The van der Waals surface area contributed by atoms with E-state index < -0.39 is 0 Å². The van der Waals surface area contributed by atoms with Crippen LogP contribution >= 0.6 is 0 Å². The van der Waals surface area contributed by atoms with Crippen LogP contribution in [0.15, 0.2) is 36.4 Å². The van der Waals surface area contributed by atoms with Gasteiger partial charge in [-0.05, 0) is 25.1 Å². The second-order valence-electron chi connectivity index (χ2n) is 7.19. The molecule has 0 saturated carbocycles. The zero-order chi connectivity index (χ0) is 21.7. The molecule has 0 saturated heterocycles. The van der Waals surface area contributed by atoms with Crippen LogP contribution < -0.4 is 23.8 Å². The maximum Gasteiger partial charge on any atom is 0.227 e. The highest BCUT2D eigenvalue weighted by Gasteiger charge is 2.27. The van der Waals surface area contributed by atoms with Crippen LogP contribution in [0.25, 0.3) is 0 Å². The van der Waals surface area contributed by atoms with Gasteiger partial charge in [-0.1, -0.05) is 18.2 Å². The molecule has 0 unspecified atom stereocenters. The van der Waals surface area contributed by atoms with Crippen molar-refractivity contribution in [1.82, 2.24) is 4.90 Å². The fourth-order valence-electron chi connectivity index (χ4n) is 3.78. The van der Waals surface area contributed by atoms with Crippen molar-refractivity contribution < 1.29 is 23.7 Å². The summed E-state index contributed by atoms with van der Waals surface area (Å²) in [4.78, 5) is 16.9. The smallest absolute Gasteiger partial charge is 0.227 e. The molecule has 0 bridgehead atoms. The van der Waals surface area contributed by atoms with Crippen LogP contribution in [0.4, 0.5) is 5.69 Å². The fraction of sp³-hybridized carbons (Fsp3) is 0.435. The molecule has 0 fully saturated rings. The first-order chi connectivity index (χ1) is 14.5. The molecule has 0 spiro atoms. The predicted molar refractivity (Wildman–Crippen MR) is 116 cm³/mol. The van der Waals surface area contributed by atoms with E-state index in [-0.39, 0.29) is 18.4 Å². The normalized spacial score (nSPS) is 15.1. The third-order valence-electron chi connectivity index (χ3n) is 5.34. The van der Waals surface area contributed by atoms with Crippen molar-refractivity contribution in [3.63, 3.8) is 0 Å². The summed E-state index contributed by atoms with van der Waals surface area (Å²) in [7, 11) is 6.48. The summed E-state index contributed by atoms with van der Waals surface area (Å²) in [6.45, 7) is 4.25. The van der Waals surface area contributed by atoms with E-state index in [9.17, 15) is 4.79 Å². The summed E-state index contributed by atoms with van der Waals surface area (Å²) in [5.74, 6) is 2.40. The lowest BCUT2D eigenvalue weighted by molar-refractivity contribution is -0.130. The molecule has 1 aliphatic rings. The highest BCUT2D eigenvalue weighted by atomic mass is 16.5. The quantitative estimate of drug-likeness (QED) is 0.662. The Morgan fingerprint density at radius 1 is 1.10 bits per heavy atom. The van der Waals surface area contributed by atoms with Crippen molar-refractivity contribution in [3.05, 3.63) is 42.0 Å². The minimum Gasteiger partial charge on any atom is -0.493 e. The number of hydrogen-bond donors (Lipinski definition) is 0. The zero-order valence-corrected chi connectivity index (χ0v) is 18.3. The van der Waals surface area contributed by atoms with Crippen LogP contribution in [-0.4, -0.2) is 64.9 Å². The lowest BCUT2D eigenvalue weighted by atomic mass is 10.1. The predicted octanol–water partition coefficient (Wildman–Crippen LogP) is 3.00. The van der Waals surface area contributed by atoms with Crippen LogP contribution in [0.5, 0.6) is 23.0 Å². The fourth-order valence-corrected chi connectivity index (χ4v) is 3.78. The monoisotopic (exact) mass is 414 g/mol. The van der Waals surface area contributed by atoms with Crippen molar-refractivity contribution in [2.75, 3.05) is 52.9 Å². The molecule has 162 valence electrons. The Balaban J connectivity index is 1.70. The van der Waals surface area contributed by atoms with Gasteiger partial charge in [0.15, 0.2) is 11.5 Å². The van der Waals surface area contributed by atoms with E-state index in [2.05, 4.69) is 17.9 Å². The van der Waals surface area contributed by atoms with E-state index in [0.29, 0.717) is 23.8 Å². The number of carbonyl (C=O) groups is 1. The van der Waals surface area contributed by atoms with E-state index in [1.807, 2.05) is 24.3 Å². The molecule has 1 aliphatic heterocycles. The zero-order valence-electron chi connectivity index (χ0n) is 18.3. The Morgan fingerprint density at radius 2 is 1.83 bits per heavy atom. The second-order valence-corrected chi connectivity index (χ2v) is 7.19. The van der Waals surface area contributed by atoms with Gasteiger partial charge in [-0.3, -0.25) is 4.79 Å². The maximum absolute atomic E-state index is 12.9. The summed E-state index contributed by atoms with van der Waals surface area (Å²) < 4.78 is 22.4. The Bertz CT molecular complexity index is 886. The number of fused-ring (bicyclic) bond motifs is 1. The Kier molecular flexibility index (Phi) is 6.92. The standard InChI is InChI=1S/C23H30N2O5/c1-6-25-15-17(30-19-10-8-7-9-18(19)25)14-24(2)21(26)13-16-11-12-20(27-3)23(29-5)22(16)28-4/h7-12,17H,6,13-15H2,1-5H3/t17-/m0/s1. The number of amides is 1. The minimum absolute atomic E-state index is 0.0222. The number of anilines is 1. The van der Waals surface area contributed by atoms with Gasteiger partial charge >= 0.3 is 0 Å². The number of carbonyl (C=O) groups excluding carboxylic acids is 1. The summed E-state index contributed by atoms with van der Waals surface area (Å²) in [5.41, 5.74) is 1.84. The first kappa shape index (κ1) is 21.6. The number of likely N-dealkylation sites (N-methyl/N-ethyl adjacent to an activating group) is 2. The third kappa shape index (κ3) is 4.40. The molecule has 1 heterocycles. The summed E-state index contributed by atoms with van der Waals surface area (Å²) in [6, 6.07) is 11.6. The van der Waals surface area contributed by atoms with Crippen molar-refractivity contribution in [1.29, 1.82) is 0 Å². The molecular weight excluding hydrogens is 384 g/mol. The minimum atomic E-state index is -0.0962. The van der Waals surface area contributed by atoms with Crippen LogP contribution in [0.2, 0.25) is 0 Å². The van der Waals surface area contributed by atoms with E-state index in [1.165, 1.54) is 0 Å². The SMILES string of the molecule is CCN1C[C@H](CN(C)C(=O)Cc2ccc(OC)c(OC)c2OC)Oc2ccccc21. The highest BCUT2D eigenvalue weighted by Crippen LogP contribution is 2.40. The van der Waals surface area contributed by atoms with Gasteiger partial charge in [0.2, 0.25) is 11.7 Å². The molecular formula is C23H30N2O5. The van der Waals surface area contributed by atoms with Gasteiger partial charge in [-0.25, -0.2) is 0 Å². The molecule has 7 nitrogen and oxygen atoms in total. The Labute approximate surface area is 178 Å². The van der Waals surface area contributed by atoms with Crippen molar-refractivity contribution in [3.8, 4) is 23.0 Å². The molecule has 0 aromatic heterocycles. The number of nitrogens with zero attached hydrogens (tertiary/aromatic N) is 2. The molecule has 30 heavy (non-hydrogen) atoms. The maximum atomic E-state index is 12.9. The molecule has 2 aromatic rings. The van der Waals surface area contributed by atoms with Gasteiger partial charge in [-0.15, -0.1) is 0 Å². The Morgan fingerprint density at radius 3 is 2.50 bits per heavy atom. The molecule has 0 radical (unpaired) electrons. The van der Waals surface area contributed by atoms with E-state index in [0.717, 1.165) is 30.1 Å². The van der Waals surface area contributed by atoms with Gasteiger partial charge < -0.3 is 28.7 Å². The van der Waals surface area contributed by atoms with Gasteiger partial charge in [0.05, 0.1) is 46.5 Å². The van der Waals surface area contributed by atoms with Gasteiger partial charge in [0.25, 0.3) is 0 Å². The summed E-state index contributed by atoms with van der Waals surface area (Å²) >= 11 is 0. The first-order valence-corrected chi connectivity index (χ1v) is 10.0. The first-order valence-electron chi connectivity index (χ1n) is 10.0. The van der Waals surface area contributed by atoms with E-state index in [4.69, 9.17) is 18.9 Å². The largest absolute Gasteiger partial charge is 0.493 e. The topological polar surface area (TPSA) is 60.5 Å². The molecule has 0 N–H and O–H groups in total.